The fourth-order valence-electron chi connectivity index (χ4n) is 2.27. The molecule has 0 aliphatic rings. The van der Waals surface area contributed by atoms with Crippen LogP contribution >= 0.6 is 27.3 Å². The third-order valence-electron chi connectivity index (χ3n) is 3.31. The van der Waals surface area contributed by atoms with E-state index < -0.39 is 10.0 Å². The first-order chi connectivity index (χ1) is 11.0. The van der Waals surface area contributed by atoms with Crippen LogP contribution in [0.5, 0.6) is 0 Å². The number of thiophene rings is 1. The highest BCUT2D eigenvalue weighted by Crippen LogP contribution is 2.34. The van der Waals surface area contributed by atoms with Crippen molar-refractivity contribution in [3.05, 3.63) is 57.6 Å². The van der Waals surface area contributed by atoms with Crippen LogP contribution in [0.1, 0.15) is 5.56 Å². The summed E-state index contributed by atoms with van der Waals surface area (Å²) >= 11 is 5.00. The summed E-state index contributed by atoms with van der Waals surface area (Å²) in [7, 11) is -1.87. The van der Waals surface area contributed by atoms with Gasteiger partial charge in [0.25, 0.3) is 10.0 Å². The van der Waals surface area contributed by atoms with Crippen molar-refractivity contribution < 1.29 is 8.42 Å². The standard InChI is InChI=1S/C15H14BrN3O2S2/c1-17-6-11-5-15(13-9-22-10-14(13)16)19(8-11)23(20,21)12-3-2-4-18-7-12/h2-5,7-10,17H,6H2,1H3. The van der Waals surface area contributed by atoms with Gasteiger partial charge < -0.3 is 5.32 Å². The van der Waals surface area contributed by atoms with Crippen LogP contribution < -0.4 is 5.32 Å². The van der Waals surface area contributed by atoms with Gasteiger partial charge in [-0.3, -0.25) is 4.98 Å². The van der Waals surface area contributed by atoms with Crippen molar-refractivity contribution >= 4 is 37.3 Å². The SMILES string of the molecule is CNCc1cc(-c2cscc2Br)n(S(=O)(=O)c2cccnc2)c1. The molecule has 5 nitrogen and oxygen atoms in total. The fraction of sp³-hybridized carbons (Fsp3) is 0.133. The monoisotopic (exact) mass is 411 g/mol. The van der Waals surface area contributed by atoms with Crippen molar-refractivity contribution in [1.82, 2.24) is 14.3 Å². The van der Waals surface area contributed by atoms with Gasteiger partial charge in [-0.15, -0.1) is 0 Å². The minimum Gasteiger partial charge on any atom is -0.316 e. The molecule has 1 N–H and O–H groups in total. The van der Waals surface area contributed by atoms with E-state index in [1.54, 1.807) is 24.5 Å². The number of nitrogens with one attached hydrogen (secondary N) is 1. The van der Waals surface area contributed by atoms with Crippen LogP contribution in [0.4, 0.5) is 0 Å². The largest absolute Gasteiger partial charge is 0.316 e. The molecule has 120 valence electrons. The van der Waals surface area contributed by atoms with Crippen molar-refractivity contribution in [3.8, 4) is 11.3 Å². The van der Waals surface area contributed by atoms with Gasteiger partial charge in [0.1, 0.15) is 4.90 Å². The molecule has 3 rings (SSSR count). The molecule has 0 unspecified atom stereocenters. The number of nitrogens with zero attached hydrogens (tertiary/aromatic N) is 2. The molecule has 8 heteroatoms. The molecule has 0 aromatic carbocycles. The van der Waals surface area contributed by atoms with E-state index in [9.17, 15) is 8.42 Å². The van der Waals surface area contributed by atoms with Gasteiger partial charge in [0, 0.05) is 45.9 Å². The van der Waals surface area contributed by atoms with E-state index in [1.165, 1.54) is 21.5 Å². The molecule has 0 aliphatic carbocycles. The molecule has 23 heavy (non-hydrogen) atoms. The Kier molecular flexibility index (Phi) is 4.67. The average molecular weight is 412 g/mol. The summed E-state index contributed by atoms with van der Waals surface area (Å²) in [6.45, 7) is 0.588. The maximum atomic E-state index is 13.0. The Morgan fingerprint density at radius 2 is 2.22 bits per heavy atom. The average Bonchev–Trinajstić information content (AvgIpc) is 3.15. The number of hydrogen-bond donors (Lipinski definition) is 1. The molecule has 0 aliphatic heterocycles. The molecule has 3 heterocycles. The van der Waals surface area contributed by atoms with E-state index in [4.69, 9.17) is 0 Å². The lowest BCUT2D eigenvalue weighted by Gasteiger charge is -2.09. The summed E-state index contributed by atoms with van der Waals surface area (Å²) in [6.07, 6.45) is 4.56. The topological polar surface area (TPSA) is 64.0 Å². The van der Waals surface area contributed by atoms with Gasteiger partial charge in [0.15, 0.2) is 0 Å². The number of rotatable bonds is 5. The van der Waals surface area contributed by atoms with Crippen LogP contribution in [-0.4, -0.2) is 24.4 Å². The first kappa shape index (κ1) is 16.4. The van der Waals surface area contributed by atoms with Crippen molar-refractivity contribution in [3.63, 3.8) is 0 Å². The zero-order chi connectivity index (χ0) is 16.4. The van der Waals surface area contributed by atoms with Gasteiger partial charge >= 0.3 is 0 Å². The third kappa shape index (κ3) is 3.12. The van der Waals surface area contributed by atoms with Gasteiger partial charge in [-0.2, -0.15) is 11.3 Å². The minimum atomic E-state index is -3.70. The molecule has 0 saturated carbocycles. The summed E-state index contributed by atoms with van der Waals surface area (Å²) in [6, 6.07) is 5.05. The highest BCUT2D eigenvalue weighted by molar-refractivity contribution is 9.10. The molecule has 0 atom stereocenters. The lowest BCUT2D eigenvalue weighted by atomic mass is 10.2. The smallest absolute Gasteiger partial charge is 0.269 e. The maximum Gasteiger partial charge on any atom is 0.269 e. The molecular formula is C15H14BrN3O2S2. The Morgan fingerprint density at radius 1 is 1.39 bits per heavy atom. The number of halogens is 1. The highest BCUT2D eigenvalue weighted by atomic mass is 79.9. The summed E-state index contributed by atoms with van der Waals surface area (Å²) in [5, 5.41) is 6.91. The normalized spacial score (nSPS) is 11.7. The van der Waals surface area contributed by atoms with Crippen molar-refractivity contribution in [2.75, 3.05) is 7.05 Å². The Bertz CT molecular complexity index is 917. The van der Waals surface area contributed by atoms with Crippen LogP contribution in [0.25, 0.3) is 11.3 Å². The molecule has 0 fully saturated rings. The van der Waals surface area contributed by atoms with Gasteiger partial charge in [-0.25, -0.2) is 12.4 Å². The van der Waals surface area contributed by atoms with E-state index in [0.717, 1.165) is 15.6 Å². The zero-order valence-corrected chi connectivity index (χ0v) is 15.5. The predicted octanol–water partition coefficient (Wildman–Crippen LogP) is 3.33. The number of aromatic nitrogens is 2. The lowest BCUT2D eigenvalue weighted by molar-refractivity contribution is 0.587. The van der Waals surface area contributed by atoms with Crippen molar-refractivity contribution in [1.29, 1.82) is 0 Å². The first-order valence-corrected chi connectivity index (χ1v) is 9.95. The Hall–Kier alpha value is -1.48. The second-order valence-corrected chi connectivity index (χ2v) is 8.30. The summed E-state index contributed by atoms with van der Waals surface area (Å²) in [5.74, 6) is 0. The minimum absolute atomic E-state index is 0.166. The molecule has 0 saturated heterocycles. The number of hydrogen-bond acceptors (Lipinski definition) is 5. The highest BCUT2D eigenvalue weighted by Gasteiger charge is 2.23. The van der Waals surface area contributed by atoms with E-state index in [-0.39, 0.29) is 4.90 Å². The van der Waals surface area contributed by atoms with Gasteiger partial charge in [0.2, 0.25) is 0 Å². The van der Waals surface area contributed by atoms with Gasteiger partial charge in [-0.1, -0.05) is 0 Å². The Labute approximate surface area is 147 Å². The second-order valence-electron chi connectivity index (χ2n) is 4.89. The van der Waals surface area contributed by atoms with Gasteiger partial charge in [-0.05, 0) is 46.7 Å². The molecular weight excluding hydrogens is 398 g/mol. The van der Waals surface area contributed by atoms with Crippen LogP contribution in [0, 0.1) is 0 Å². The summed E-state index contributed by atoms with van der Waals surface area (Å²) in [5.41, 5.74) is 2.38. The van der Waals surface area contributed by atoms with E-state index in [1.807, 2.05) is 23.9 Å². The van der Waals surface area contributed by atoms with Crippen molar-refractivity contribution in [2.45, 2.75) is 11.4 Å². The molecule has 0 radical (unpaired) electrons. The van der Waals surface area contributed by atoms with Crippen LogP contribution in [0.15, 0.2) is 56.9 Å². The molecule has 0 amide bonds. The maximum absolute atomic E-state index is 13.0. The quantitative estimate of drug-likeness (QED) is 0.698. The van der Waals surface area contributed by atoms with E-state index >= 15 is 0 Å². The lowest BCUT2D eigenvalue weighted by Crippen LogP contribution is -2.13. The molecule has 0 bridgehead atoms. The van der Waals surface area contributed by atoms with Crippen LogP contribution in [0.2, 0.25) is 0 Å². The molecule has 3 aromatic rings. The van der Waals surface area contributed by atoms with E-state index in [2.05, 4.69) is 26.2 Å². The summed E-state index contributed by atoms with van der Waals surface area (Å²) in [4.78, 5) is 4.08. The van der Waals surface area contributed by atoms with E-state index in [0.29, 0.717) is 12.2 Å². The molecule has 3 aromatic heterocycles. The Morgan fingerprint density at radius 3 is 2.83 bits per heavy atom. The third-order valence-corrected chi connectivity index (χ3v) is 6.67. The first-order valence-electron chi connectivity index (χ1n) is 6.77. The van der Waals surface area contributed by atoms with Gasteiger partial charge in [0.05, 0.1) is 5.69 Å². The predicted molar refractivity (Wildman–Crippen MR) is 95.0 cm³/mol. The fourth-order valence-corrected chi connectivity index (χ4v) is 5.12. The van der Waals surface area contributed by atoms with Crippen LogP contribution in [-0.2, 0) is 16.6 Å². The second kappa shape index (κ2) is 6.56. The molecule has 0 spiro atoms. The number of pyridine rings is 1. The summed E-state index contributed by atoms with van der Waals surface area (Å²) < 4.78 is 28.1. The Balaban J connectivity index is 2.21. The van der Waals surface area contributed by atoms with Crippen LogP contribution in [0.3, 0.4) is 0 Å². The van der Waals surface area contributed by atoms with Crippen molar-refractivity contribution in [2.24, 2.45) is 0 Å². The zero-order valence-electron chi connectivity index (χ0n) is 12.2.